The van der Waals surface area contributed by atoms with Gasteiger partial charge in [0.05, 0.1) is 4.92 Å². The first kappa shape index (κ1) is 13.1. The molecule has 1 rings (SSSR count). The lowest BCUT2D eigenvalue weighted by Gasteiger charge is -2.15. The van der Waals surface area contributed by atoms with Crippen molar-refractivity contribution in [2.24, 2.45) is 5.73 Å². The zero-order valence-corrected chi connectivity index (χ0v) is 9.03. The molecular formula is C10H12N2O5. The average Bonchev–Trinajstić information content (AvgIpc) is 2.27. The number of nitro benzene ring substituents is 1. The van der Waals surface area contributed by atoms with Crippen molar-refractivity contribution in [1.82, 2.24) is 0 Å². The lowest BCUT2D eigenvalue weighted by molar-refractivity contribution is -0.385. The van der Waals surface area contributed by atoms with Gasteiger partial charge in [-0.05, 0) is 12.5 Å². The van der Waals surface area contributed by atoms with Crippen LogP contribution in [0.2, 0.25) is 0 Å². The molecular weight excluding hydrogens is 228 g/mol. The van der Waals surface area contributed by atoms with Crippen LogP contribution in [0.25, 0.3) is 0 Å². The van der Waals surface area contributed by atoms with Crippen LogP contribution >= 0.6 is 0 Å². The summed E-state index contributed by atoms with van der Waals surface area (Å²) in [6.07, 6.45) is -3.37. The predicted molar refractivity (Wildman–Crippen MR) is 58.0 cm³/mol. The summed E-state index contributed by atoms with van der Waals surface area (Å²) in [6.45, 7) is 1.54. The summed E-state index contributed by atoms with van der Waals surface area (Å²) in [5, 5.41) is 29.5. The summed E-state index contributed by atoms with van der Waals surface area (Å²) >= 11 is 0. The Morgan fingerprint density at radius 1 is 1.47 bits per heavy atom. The lowest BCUT2D eigenvalue weighted by atomic mass is 10.0. The van der Waals surface area contributed by atoms with Crippen LogP contribution in [0.15, 0.2) is 18.2 Å². The Morgan fingerprint density at radius 2 is 2.06 bits per heavy atom. The quantitative estimate of drug-likeness (QED) is 0.495. The Balaban J connectivity index is 3.11. The van der Waals surface area contributed by atoms with E-state index in [-0.39, 0.29) is 11.3 Å². The second kappa shape index (κ2) is 4.89. The molecule has 4 N–H and O–H groups in total. The number of hydrogen-bond donors (Lipinski definition) is 3. The van der Waals surface area contributed by atoms with Crippen LogP contribution < -0.4 is 5.73 Å². The number of aliphatic hydroxyl groups is 2. The van der Waals surface area contributed by atoms with Gasteiger partial charge in [-0.3, -0.25) is 14.9 Å². The van der Waals surface area contributed by atoms with E-state index in [4.69, 9.17) is 5.73 Å². The molecule has 0 aliphatic carbocycles. The van der Waals surface area contributed by atoms with Crippen molar-refractivity contribution in [3.8, 4) is 0 Å². The van der Waals surface area contributed by atoms with Crippen molar-refractivity contribution >= 4 is 11.6 Å². The molecule has 1 amide bonds. The third-order valence-corrected chi connectivity index (χ3v) is 2.36. The van der Waals surface area contributed by atoms with Crippen LogP contribution in [0.1, 0.15) is 17.2 Å². The van der Waals surface area contributed by atoms with Gasteiger partial charge >= 0.3 is 0 Å². The molecule has 0 aliphatic heterocycles. The molecule has 0 aliphatic rings. The van der Waals surface area contributed by atoms with Crippen LogP contribution in [-0.2, 0) is 4.79 Å². The van der Waals surface area contributed by atoms with Crippen LogP contribution in [-0.4, -0.2) is 27.1 Å². The summed E-state index contributed by atoms with van der Waals surface area (Å²) < 4.78 is 0. The summed E-state index contributed by atoms with van der Waals surface area (Å²) in [5.74, 6) is -1.10. The van der Waals surface area contributed by atoms with E-state index in [2.05, 4.69) is 0 Å². The number of aryl methyl sites for hydroxylation is 1. The topological polar surface area (TPSA) is 127 Å². The van der Waals surface area contributed by atoms with Gasteiger partial charge < -0.3 is 15.9 Å². The van der Waals surface area contributed by atoms with Crippen LogP contribution in [0.5, 0.6) is 0 Å². The summed E-state index contributed by atoms with van der Waals surface area (Å²) in [4.78, 5) is 20.7. The van der Waals surface area contributed by atoms with E-state index >= 15 is 0 Å². The molecule has 2 unspecified atom stereocenters. The monoisotopic (exact) mass is 240 g/mol. The summed E-state index contributed by atoms with van der Waals surface area (Å²) in [6, 6.07) is 3.91. The molecule has 2 atom stereocenters. The van der Waals surface area contributed by atoms with Crippen LogP contribution in [0.3, 0.4) is 0 Å². The van der Waals surface area contributed by atoms with Crippen molar-refractivity contribution in [2.75, 3.05) is 0 Å². The molecule has 1 aromatic carbocycles. The van der Waals surface area contributed by atoms with E-state index in [1.54, 1.807) is 6.92 Å². The van der Waals surface area contributed by atoms with Crippen LogP contribution in [0, 0.1) is 17.0 Å². The number of primary amides is 1. The first-order valence-electron chi connectivity index (χ1n) is 4.75. The smallest absolute Gasteiger partial charge is 0.272 e. The maximum absolute atomic E-state index is 10.7. The van der Waals surface area contributed by atoms with Gasteiger partial charge in [-0.2, -0.15) is 0 Å². The van der Waals surface area contributed by atoms with Gasteiger partial charge in [0.25, 0.3) is 5.69 Å². The number of carbonyl (C=O) groups excluding carboxylic acids is 1. The number of carbonyl (C=O) groups is 1. The van der Waals surface area contributed by atoms with Gasteiger partial charge in [0, 0.05) is 11.6 Å². The van der Waals surface area contributed by atoms with Crippen LogP contribution in [0.4, 0.5) is 5.69 Å². The van der Waals surface area contributed by atoms with E-state index in [0.717, 1.165) is 6.07 Å². The number of hydrogen-bond acceptors (Lipinski definition) is 5. The van der Waals surface area contributed by atoms with Gasteiger partial charge in [0.2, 0.25) is 5.91 Å². The number of aliphatic hydroxyl groups excluding tert-OH is 2. The number of nitro groups is 1. The van der Waals surface area contributed by atoms with Gasteiger partial charge in [0.15, 0.2) is 6.10 Å². The van der Waals surface area contributed by atoms with Gasteiger partial charge in [-0.25, -0.2) is 0 Å². The number of nitrogens with zero attached hydrogens (tertiary/aromatic N) is 1. The third kappa shape index (κ3) is 2.77. The van der Waals surface area contributed by atoms with E-state index in [1.165, 1.54) is 12.1 Å². The third-order valence-electron chi connectivity index (χ3n) is 2.36. The van der Waals surface area contributed by atoms with Gasteiger partial charge in [-0.15, -0.1) is 0 Å². The maximum Gasteiger partial charge on any atom is 0.272 e. The molecule has 0 saturated heterocycles. The Hall–Kier alpha value is -1.99. The Bertz CT molecular complexity index is 460. The standard InChI is InChI=1S/C10H12N2O5/c1-5-2-3-6(4-7(5)12(16)17)8(13)9(14)10(11)15/h2-4,8-9,13-14H,1H3,(H2,11,15). The molecule has 0 bridgehead atoms. The highest BCUT2D eigenvalue weighted by atomic mass is 16.6. The van der Waals surface area contributed by atoms with Crippen molar-refractivity contribution < 1.29 is 19.9 Å². The molecule has 0 spiro atoms. The number of amides is 1. The predicted octanol–water partition coefficient (Wildman–Crippen LogP) is -0.217. The number of rotatable bonds is 4. The maximum atomic E-state index is 10.7. The van der Waals surface area contributed by atoms with Crippen molar-refractivity contribution in [3.05, 3.63) is 39.4 Å². The minimum absolute atomic E-state index is 0.0635. The molecule has 1 aromatic rings. The zero-order chi connectivity index (χ0) is 13.2. The summed E-state index contributed by atoms with van der Waals surface area (Å²) in [5.41, 5.74) is 5.10. The molecule has 0 fully saturated rings. The molecule has 17 heavy (non-hydrogen) atoms. The van der Waals surface area contributed by atoms with Gasteiger partial charge in [-0.1, -0.05) is 12.1 Å². The Kier molecular flexibility index (Phi) is 3.77. The minimum Gasteiger partial charge on any atom is -0.385 e. The normalized spacial score (nSPS) is 14.1. The Morgan fingerprint density at radius 3 is 2.53 bits per heavy atom. The SMILES string of the molecule is Cc1ccc(C(O)C(O)C(N)=O)cc1[N+](=O)[O-]. The highest BCUT2D eigenvalue weighted by Gasteiger charge is 2.25. The fourth-order valence-corrected chi connectivity index (χ4v) is 1.34. The highest BCUT2D eigenvalue weighted by molar-refractivity contribution is 5.79. The average molecular weight is 240 g/mol. The number of benzene rings is 1. The zero-order valence-electron chi connectivity index (χ0n) is 9.03. The fourth-order valence-electron chi connectivity index (χ4n) is 1.34. The van der Waals surface area contributed by atoms with Gasteiger partial charge in [0.1, 0.15) is 6.10 Å². The molecule has 7 heteroatoms. The van der Waals surface area contributed by atoms with E-state index in [0.29, 0.717) is 5.56 Å². The molecule has 0 saturated carbocycles. The van der Waals surface area contributed by atoms with E-state index in [9.17, 15) is 25.1 Å². The lowest BCUT2D eigenvalue weighted by Crippen LogP contribution is -2.33. The van der Waals surface area contributed by atoms with E-state index in [1.807, 2.05) is 0 Å². The molecule has 92 valence electrons. The fraction of sp³-hybridized carbons (Fsp3) is 0.300. The van der Waals surface area contributed by atoms with E-state index < -0.39 is 23.0 Å². The minimum atomic E-state index is -1.79. The van der Waals surface area contributed by atoms with Crippen molar-refractivity contribution in [1.29, 1.82) is 0 Å². The largest absolute Gasteiger partial charge is 0.385 e. The first-order chi connectivity index (χ1) is 7.84. The molecule has 7 nitrogen and oxygen atoms in total. The van der Waals surface area contributed by atoms with Crippen molar-refractivity contribution in [2.45, 2.75) is 19.1 Å². The highest BCUT2D eigenvalue weighted by Crippen LogP contribution is 2.24. The molecule has 0 heterocycles. The Labute approximate surface area is 96.6 Å². The first-order valence-corrected chi connectivity index (χ1v) is 4.75. The second-order valence-corrected chi connectivity index (χ2v) is 3.60. The number of nitrogens with two attached hydrogens (primary N) is 1. The molecule has 0 aromatic heterocycles. The summed E-state index contributed by atoms with van der Waals surface area (Å²) in [7, 11) is 0. The van der Waals surface area contributed by atoms with Crippen molar-refractivity contribution in [3.63, 3.8) is 0 Å². The second-order valence-electron chi connectivity index (χ2n) is 3.60. The molecule has 0 radical (unpaired) electrons.